The SMILES string of the molecule is [B]c1c(C(F)(F)F)ccc(C([B])C(C)(CCC)CCCC)c1C(C)(CCCCCC)CCCCCC. The van der Waals surface area contributed by atoms with Crippen molar-refractivity contribution >= 4 is 21.2 Å². The van der Waals surface area contributed by atoms with Crippen LogP contribution in [-0.2, 0) is 11.6 Å². The van der Waals surface area contributed by atoms with Crippen LogP contribution in [0.4, 0.5) is 13.2 Å². The molecule has 202 valence electrons. The molecule has 2 unspecified atom stereocenters. The van der Waals surface area contributed by atoms with Crippen molar-refractivity contribution in [2.24, 2.45) is 5.41 Å². The van der Waals surface area contributed by atoms with Crippen molar-refractivity contribution in [1.82, 2.24) is 0 Å². The van der Waals surface area contributed by atoms with Crippen LogP contribution in [0.25, 0.3) is 0 Å². The Bertz CT molecular complexity index is 747. The van der Waals surface area contributed by atoms with E-state index in [2.05, 4.69) is 41.5 Å². The molecule has 0 N–H and O–H groups in total. The summed E-state index contributed by atoms with van der Waals surface area (Å²) in [7, 11) is 13.5. The summed E-state index contributed by atoms with van der Waals surface area (Å²) in [5.74, 6) is -0.353. The standard InChI is InChI=1S/C31H51B2F3/c1-7-11-14-16-22-29(5,23-17-15-12-8-2)26-24(18-19-25(27(26)32)31(34,35)36)28(33)30(6,20-10-4)21-13-9-3/h18-19,28H,7-17,20-23H2,1-6H3. The van der Waals surface area contributed by atoms with Crippen LogP contribution in [0.15, 0.2) is 12.1 Å². The summed E-state index contributed by atoms with van der Waals surface area (Å²) in [5.41, 5.74) is 0.0813. The molecule has 0 bridgehead atoms. The van der Waals surface area contributed by atoms with Crippen molar-refractivity contribution in [3.8, 4) is 0 Å². The Labute approximate surface area is 223 Å². The maximum absolute atomic E-state index is 14.1. The van der Waals surface area contributed by atoms with Gasteiger partial charge in [0.15, 0.2) is 0 Å². The third kappa shape index (κ3) is 9.16. The topological polar surface area (TPSA) is 0 Å². The number of benzene rings is 1. The molecule has 0 aliphatic rings. The highest BCUT2D eigenvalue weighted by molar-refractivity contribution is 6.35. The van der Waals surface area contributed by atoms with E-state index in [1.165, 1.54) is 6.07 Å². The lowest BCUT2D eigenvalue weighted by Gasteiger charge is -2.42. The second-order valence-electron chi connectivity index (χ2n) is 11.7. The van der Waals surface area contributed by atoms with Gasteiger partial charge in [0.05, 0.1) is 7.85 Å². The molecule has 5 heteroatoms. The first-order chi connectivity index (χ1) is 16.9. The molecule has 0 saturated heterocycles. The first kappa shape index (κ1) is 33.2. The van der Waals surface area contributed by atoms with Crippen molar-refractivity contribution in [2.75, 3.05) is 0 Å². The predicted molar refractivity (Wildman–Crippen MR) is 153 cm³/mol. The lowest BCUT2D eigenvalue weighted by atomic mass is 9.55. The lowest BCUT2D eigenvalue weighted by molar-refractivity contribution is -0.136. The molecule has 0 heterocycles. The van der Waals surface area contributed by atoms with Crippen LogP contribution in [0.3, 0.4) is 0 Å². The fraction of sp³-hybridized carbons (Fsp3) is 0.806. The van der Waals surface area contributed by atoms with Crippen molar-refractivity contribution in [3.63, 3.8) is 0 Å². The second kappa shape index (κ2) is 15.5. The van der Waals surface area contributed by atoms with Gasteiger partial charge in [-0.3, -0.25) is 0 Å². The van der Waals surface area contributed by atoms with Gasteiger partial charge >= 0.3 is 6.18 Å². The summed E-state index contributed by atoms with van der Waals surface area (Å²) >= 11 is 0. The van der Waals surface area contributed by atoms with Crippen LogP contribution in [0.2, 0.25) is 0 Å². The normalized spacial score (nSPS) is 15.1. The van der Waals surface area contributed by atoms with E-state index >= 15 is 0 Å². The molecule has 0 amide bonds. The van der Waals surface area contributed by atoms with Crippen LogP contribution >= 0.6 is 0 Å². The van der Waals surface area contributed by atoms with E-state index in [4.69, 9.17) is 15.7 Å². The van der Waals surface area contributed by atoms with E-state index < -0.39 is 17.2 Å². The Hall–Kier alpha value is -0.860. The van der Waals surface area contributed by atoms with Gasteiger partial charge in [-0.25, -0.2) is 0 Å². The molecule has 0 spiro atoms. The van der Waals surface area contributed by atoms with Crippen molar-refractivity contribution in [3.05, 3.63) is 28.8 Å². The summed E-state index contributed by atoms with van der Waals surface area (Å²) in [4.78, 5) is 0. The Morgan fingerprint density at radius 2 is 1.22 bits per heavy atom. The summed E-state index contributed by atoms with van der Waals surface area (Å²) in [6.07, 6.45) is 10.9. The molecule has 1 aromatic rings. The van der Waals surface area contributed by atoms with Gasteiger partial charge in [-0.2, -0.15) is 13.2 Å². The molecule has 4 radical (unpaired) electrons. The van der Waals surface area contributed by atoms with E-state index in [1.807, 2.05) is 0 Å². The second-order valence-corrected chi connectivity index (χ2v) is 11.7. The zero-order chi connectivity index (χ0) is 27.4. The molecule has 0 aliphatic heterocycles. The number of hydrogen-bond acceptors (Lipinski definition) is 0. The summed E-state index contributed by atoms with van der Waals surface area (Å²) in [6.45, 7) is 13.0. The largest absolute Gasteiger partial charge is 0.415 e. The molecule has 0 aliphatic carbocycles. The van der Waals surface area contributed by atoms with Crippen molar-refractivity contribution < 1.29 is 13.2 Å². The van der Waals surface area contributed by atoms with Gasteiger partial charge in [0.1, 0.15) is 7.85 Å². The minimum Gasteiger partial charge on any atom is -0.166 e. The first-order valence-electron chi connectivity index (χ1n) is 14.7. The average Bonchev–Trinajstić information content (AvgIpc) is 2.82. The van der Waals surface area contributed by atoms with Crippen molar-refractivity contribution in [2.45, 2.75) is 155 Å². The summed E-state index contributed by atoms with van der Waals surface area (Å²) in [5, 5.41) is 0. The third-order valence-corrected chi connectivity index (χ3v) is 8.36. The fourth-order valence-electron chi connectivity index (χ4n) is 6.04. The van der Waals surface area contributed by atoms with Crippen LogP contribution in [0.5, 0.6) is 0 Å². The smallest absolute Gasteiger partial charge is 0.166 e. The number of unbranched alkanes of at least 4 members (excludes halogenated alkanes) is 7. The summed E-state index contributed by atoms with van der Waals surface area (Å²) in [6, 6.07) is 2.84. The van der Waals surface area contributed by atoms with E-state index in [0.717, 1.165) is 102 Å². The predicted octanol–water partition coefficient (Wildman–Crippen LogP) is 9.90. The van der Waals surface area contributed by atoms with Gasteiger partial charge in [-0.1, -0.05) is 130 Å². The van der Waals surface area contributed by atoms with Gasteiger partial charge in [-0.05, 0) is 53.5 Å². The highest BCUT2D eigenvalue weighted by Crippen LogP contribution is 2.47. The molecule has 36 heavy (non-hydrogen) atoms. The molecular weight excluding hydrogens is 451 g/mol. The van der Waals surface area contributed by atoms with E-state index in [9.17, 15) is 13.2 Å². The number of hydrogen-bond donors (Lipinski definition) is 0. The summed E-state index contributed by atoms with van der Waals surface area (Å²) < 4.78 is 42.2. The average molecular weight is 502 g/mol. The van der Waals surface area contributed by atoms with E-state index in [0.29, 0.717) is 5.56 Å². The fourth-order valence-corrected chi connectivity index (χ4v) is 6.04. The molecule has 1 rings (SSSR count). The maximum Gasteiger partial charge on any atom is 0.415 e. The minimum atomic E-state index is -4.48. The van der Waals surface area contributed by atoms with Crippen molar-refractivity contribution in [1.29, 1.82) is 0 Å². The van der Waals surface area contributed by atoms with E-state index in [-0.39, 0.29) is 16.7 Å². The Morgan fingerprint density at radius 3 is 1.67 bits per heavy atom. The van der Waals surface area contributed by atoms with Crippen LogP contribution in [-0.4, -0.2) is 15.7 Å². The van der Waals surface area contributed by atoms with Crippen LogP contribution in [0.1, 0.15) is 160 Å². The molecule has 0 fully saturated rings. The molecule has 0 saturated carbocycles. The molecule has 1 aromatic carbocycles. The molecular formula is C31H51B2F3. The van der Waals surface area contributed by atoms with Gasteiger partial charge in [0.2, 0.25) is 0 Å². The highest BCUT2D eigenvalue weighted by Gasteiger charge is 2.40. The molecule has 0 nitrogen and oxygen atoms in total. The zero-order valence-corrected chi connectivity index (χ0v) is 24.1. The minimum absolute atomic E-state index is 0.0988. The Kier molecular flexibility index (Phi) is 14.3. The number of halogens is 3. The van der Waals surface area contributed by atoms with Gasteiger partial charge in [0, 0.05) is 5.56 Å². The van der Waals surface area contributed by atoms with Crippen LogP contribution in [0, 0.1) is 5.41 Å². The Morgan fingerprint density at radius 1 is 0.694 bits per heavy atom. The highest BCUT2D eigenvalue weighted by atomic mass is 19.4. The zero-order valence-electron chi connectivity index (χ0n) is 24.1. The maximum atomic E-state index is 14.1. The van der Waals surface area contributed by atoms with Gasteiger partial charge in [-0.15, -0.1) is 0 Å². The first-order valence-corrected chi connectivity index (χ1v) is 14.7. The number of rotatable bonds is 18. The molecule has 0 aromatic heterocycles. The van der Waals surface area contributed by atoms with E-state index in [1.54, 1.807) is 6.07 Å². The lowest BCUT2D eigenvalue weighted by Crippen LogP contribution is -2.38. The third-order valence-electron chi connectivity index (χ3n) is 8.36. The molecule has 2 atom stereocenters. The monoisotopic (exact) mass is 502 g/mol. The van der Waals surface area contributed by atoms with Crippen LogP contribution < -0.4 is 5.46 Å². The quantitative estimate of drug-likeness (QED) is 0.138. The van der Waals surface area contributed by atoms with Gasteiger partial charge in [0.25, 0.3) is 0 Å². The number of alkyl halides is 3. The Balaban J connectivity index is 3.71. The van der Waals surface area contributed by atoms with Gasteiger partial charge < -0.3 is 0 Å².